The maximum atomic E-state index is 12.4. The normalized spacial score (nSPS) is 10.9. The van der Waals surface area contributed by atoms with E-state index in [4.69, 9.17) is 10.2 Å². The number of hydrogen-bond donors (Lipinski definition) is 1. The van der Waals surface area contributed by atoms with Gasteiger partial charge in [0.1, 0.15) is 5.69 Å². The van der Waals surface area contributed by atoms with E-state index in [0.29, 0.717) is 18.2 Å². The topological polar surface area (TPSA) is 85.2 Å². The van der Waals surface area contributed by atoms with E-state index in [1.807, 2.05) is 6.07 Å². The van der Waals surface area contributed by atoms with Crippen molar-refractivity contribution in [2.24, 2.45) is 5.92 Å². The molecule has 0 bridgehead atoms. The fourth-order valence-corrected chi connectivity index (χ4v) is 2.07. The Morgan fingerprint density at radius 3 is 2.81 bits per heavy atom. The first-order valence-corrected chi connectivity index (χ1v) is 6.85. The summed E-state index contributed by atoms with van der Waals surface area (Å²) in [5.74, 6) is 0.384. The van der Waals surface area contributed by atoms with Crippen LogP contribution < -0.4 is 5.73 Å². The van der Waals surface area contributed by atoms with Gasteiger partial charge in [-0.05, 0) is 24.5 Å². The summed E-state index contributed by atoms with van der Waals surface area (Å²) in [5, 5.41) is 0. The number of anilines is 1. The smallest absolute Gasteiger partial charge is 0.272 e. The van der Waals surface area contributed by atoms with Crippen molar-refractivity contribution in [2.45, 2.75) is 26.8 Å². The number of furan rings is 1. The lowest BCUT2D eigenvalue weighted by atomic mass is 10.1. The highest BCUT2D eigenvalue weighted by molar-refractivity contribution is 5.92. The Morgan fingerprint density at radius 2 is 2.19 bits per heavy atom. The van der Waals surface area contributed by atoms with Gasteiger partial charge in [0.15, 0.2) is 0 Å². The van der Waals surface area contributed by atoms with Crippen LogP contribution in [0.5, 0.6) is 0 Å². The molecule has 0 aliphatic rings. The Bertz CT molecular complexity index is 608. The van der Waals surface area contributed by atoms with E-state index in [1.54, 1.807) is 30.5 Å². The van der Waals surface area contributed by atoms with Crippen molar-refractivity contribution in [1.82, 2.24) is 14.9 Å². The maximum absolute atomic E-state index is 12.4. The van der Waals surface area contributed by atoms with E-state index < -0.39 is 0 Å². The van der Waals surface area contributed by atoms with Crippen LogP contribution in [0.4, 0.5) is 5.95 Å². The van der Waals surface area contributed by atoms with E-state index in [9.17, 15) is 4.79 Å². The van der Waals surface area contributed by atoms with Crippen LogP contribution >= 0.6 is 0 Å². The van der Waals surface area contributed by atoms with Gasteiger partial charge in [0.25, 0.3) is 5.91 Å². The molecule has 2 aromatic heterocycles. The molecule has 0 spiro atoms. The molecule has 6 nitrogen and oxygen atoms in total. The van der Waals surface area contributed by atoms with Crippen LogP contribution in [0.2, 0.25) is 0 Å². The summed E-state index contributed by atoms with van der Waals surface area (Å²) >= 11 is 0. The third-order valence-corrected chi connectivity index (χ3v) is 2.98. The van der Waals surface area contributed by atoms with Crippen molar-refractivity contribution in [1.29, 1.82) is 0 Å². The minimum atomic E-state index is -0.185. The molecule has 1 amide bonds. The first kappa shape index (κ1) is 15.0. The molecule has 21 heavy (non-hydrogen) atoms. The number of nitrogen functional groups attached to an aromatic ring is 1. The van der Waals surface area contributed by atoms with Gasteiger partial charge in [-0.25, -0.2) is 9.97 Å². The zero-order chi connectivity index (χ0) is 15.4. The summed E-state index contributed by atoms with van der Waals surface area (Å²) in [6, 6.07) is 3.53. The quantitative estimate of drug-likeness (QED) is 0.910. The number of carbonyl (C=O) groups excluding carboxylic acids is 1. The zero-order valence-corrected chi connectivity index (χ0v) is 12.5. The summed E-state index contributed by atoms with van der Waals surface area (Å²) in [7, 11) is 1.72. The molecule has 0 unspecified atom stereocenters. The van der Waals surface area contributed by atoms with E-state index in [2.05, 4.69) is 23.8 Å². The molecule has 112 valence electrons. The van der Waals surface area contributed by atoms with Crippen molar-refractivity contribution < 1.29 is 9.21 Å². The molecule has 0 aliphatic heterocycles. The van der Waals surface area contributed by atoms with Crippen molar-refractivity contribution in [3.05, 3.63) is 41.6 Å². The van der Waals surface area contributed by atoms with E-state index in [0.717, 1.165) is 17.7 Å². The summed E-state index contributed by atoms with van der Waals surface area (Å²) in [6.07, 6.45) is 3.96. The highest BCUT2D eigenvalue weighted by Gasteiger charge is 2.16. The second-order valence-electron chi connectivity index (χ2n) is 5.49. The average Bonchev–Trinajstić information content (AvgIpc) is 2.89. The van der Waals surface area contributed by atoms with Crippen LogP contribution in [-0.2, 0) is 13.0 Å². The van der Waals surface area contributed by atoms with Gasteiger partial charge < -0.3 is 15.1 Å². The highest BCUT2D eigenvalue weighted by atomic mass is 16.3. The summed E-state index contributed by atoms with van der Waals surface area (Å²) in [4.78, 5) is 22.2. The predicted molar refractivity (Wildman–Crippen MR) is 79.5 cm³/mol. The molecule has 0 radical (unpaired) electrons. The number of rotatable bonds is 5. The van der Waals surface area contributed by atoms with Crippen LogP contribution in [0.15, 0.2) is 29.1 Å². The molecule has 0 saturated heterocycles. The lowest BCUT2D eigenvalue weighted by Gasteiger charge is -2.16. The van der Waals surface area contributed by atoms with Crippen LogP contribution in [-0.4, -0.2) is 27.8 Å². The van der Waals surface area contributed by atoms with Crippen LogP contribution in [0.1, 0.15) is 35.6 Å². The van der Waals surface area contributed by atoms with Gasteiger partial charge in [-0.2, -0.15) is 0 Å². The van der Waals surface area contributed by atoms with Crippen molar-refractivity contribution >= 4 is 11.9 Å². The SMILES string of the molecule is CC(C)Cc1cc(C(=O)N(C)Cc2ccoc2)nc(N)n1. The van der Waals surface area contributed by atoms with Crippen molar-refractivity contribution in [3.8, 4) is 0 Å². The van der Waals surface area contributed by atoms with Gasteiger partial charge in [0, 0.05) is 24.8 Å². The maximum Gasteiger partial charge on any atom is 0.272 e. The zero-order valence-electron chi connectivity index (χ0n) is 12.5. The van der Waals surface area contributed by atoms with Crippen molar-refractivity contribution in [2.75, 3.05) is 12.8 Å². The Labute approximate surface area is 124 Å². The second kappa shape index (κ2) is 6.39. The number of nitrogens with two attached hydrogens (primary N) is 1. The molecule has 2 N–H and O–H groups in total. The number of nitrogens with zero attached hydrogens (tertiary/aromatic N) is 3. The minimum absolute atomic E-state index is 0.133. The summed E-state index contributed by atoms with van der Waals surface area (Å²) in [5.41, 5.74) is 7.74. The molecule has 6 heteroatoms. The predicted octanol–water partition coefficient (Wildman–Crippen LogP) is 2.12. The lowest BCUT2D eigenvalue weighted by Crippen LogP contribution is -2.27. The van der Waals surface area contributed by atoms with Crippen molar-refractivity contribution in [3.63, 3.8) is 0 Å². The summed E-state index contributed by atoms with van der Waals surface area (Å²) < 4.78 is 5.00. The van der Waals surface area contributed by atoms with Crippen LogP contribution in [0.25, 0.3) is 0 Å². The Balaban J connectivity index is 2.16. The molecule has 2 heterocycles. The molecule has 2 rings (SSSR count). The average molecular weight is 288 g/mol. The third-order valence-electron chi connectivity index (χ3n) is 2.98. The molecule has 0 aliphatic carbocycles. The number of carbonyl (C=O) groups is 1. The van der Waals surface area contributed by atoms with E-state index in [-0.39, 0.29) is 11.9 Å². The molecular weight excluding hydrogens is 268 g/mol. The van der Waals surface area contributed by atoms with Gasteiger partial charge in [-0.3, -0.25) is 4.79 Å². The summed E-state index contributed by atoms with van der Waals surface area (Å²) in [6.45, 7) is 4.63. The first-order chi connectivity index (χ1) is 9.95. The Morgan fingerprint density at radius 1 is 1.43 bits per heavy atom. The van der Waals surface area contributed by atoms with Gasteiger partial charge >= 0.3 is 0 Å². The molecule has 0 aromatic carbocycles. The number of aromatic nitrogens is 2. The lowest BCUT2D eigenvalue weighted by molar-refractivity contribution is 0.0779. The Hall–Kier alpha value is -2.37. The fourth-order valence-electron chi connectivity index (χ4n) is 2.07. The second-order valence-corrected chi connectivity index (χ2v) is 5.49. The van der Waals surface area contributed by atoms with E-state index in [1.165, 1.54) is 0 Å². The number of amides is 1. The van der Waals surface area contributed by atoms with E-state index >= 15 is 0 Å². The van der Waals surface area contributed by atoms with Gasteiger partial charge in [-0.15, -0.1) is 0 Å². The highest BCUT2D eigenvalue weighted by Crippen LogP contribution is 2.12. The first-order valence-electron chi connectivity index (χ1n) is 6.85. The largest absolute Gasteiger partial charge is 0.472 e. The Kier molecular flexibility index (Phi) is 4.57. The van der Waals surface area contributed by atoms with Gasteiger partial charge in [0.05, 0.1) is 12.5 Å². The standard InChI is InChI=1S/C15H20N4O2/c1-10(2)6-12-7-13(18-15(16)17-12)14(20)19(3)8-11-4-5-21-9-11/h4-5,7,9-10H,6,8H2,1-3H3,(H2,16,17,18). The minimum Gasteiger partial charge on any atom is -0.472 e. The number of hydrogen-bond acceptors (Lipinski definition) is 5. The molecular formula is C15H20N4O2. The molecule has 0 fully saturated rings. The van der Waals surface area contributed by atoms with Crippen LogP contribution in [0, 0.1) is 5.92 Å². The fraction of sp³-hybridized carbons (Fsp3) is 0.400. The van der Waals surface area contributed by atoms with Gasteiger partial charge in [0.2, 0.25) is 5.95 Å². The monoisotopic (exact) mass is 288 g/mol. The third kappa shape index (κ3) is 4.05. The molecule has 2 aromatic rings. The molecule has 0 atom stereocenters. The van der Waals surface area contributed by atoms with Gasteiger partial charge in [-0.1, -0.05) is 13.8 Å². The molecule has 0 saturated carbocycles. The van der Waals surface area contributed by atoms with Crippen LogP contribution in [0.3, 0.4) is 0 Å².